The first-order valence-corrected chi connectivity index (χ1v) is 10.6. The number of rotatable bonds is 6. The van der Waals surface area contributed by atoms with Crippen LogP contribution in [0.5, 0.6) is 11.5 Å². The van der Waals surface area contributed by atoms with Crippen molar-refractivity contribution in [1.82, 2.24) is 5.32 Å². The first-order valence-electron chi connectivity index (χ1n) is 10.3. The fraction of sp³-hybridized carbons (Fsp3) is 0.200. The summed E-state index contributed by atoms with van der Waals surface area (Å²) in [5.41, 5.74) is 0.268. The van der Waals surface area contributed by atoms with Gasteiger partial charge in [-0.15, -0.1) is 0 Å². The van der Waals surface area contributed by atoms with Gasteiger partial charge in [0.15, 0.2) is 0 Å². The number of ether oxygens (including phenoxy) is 2. The number of hydrogen-bond donors (Lipinski definition) is 2. The summed E-state index contributed by atoms with van der Waals surface area (Å²) in [4.78, 5) is 27.1. The second-order valence-corrected chi connectivity index (χ2v) is 8.09. The number of halogens is 1. The number of carbonyl (C=O) groups excluding carboxylic acids is 1. The van der Waals surface area contributed by atoms with Crippen molar-refractivity contribution in [3.05, 3.63) is 88.9 Å². The minimum Gasteiger partial charge on any atom is -0.497 e. The van der Waals surface area contributed by atoms with Gasteiger partial charge < -0.3 is 19.5 Å². The normalized spacial score (nSPS) is 18.8. The summed E-state index contributed by atoms with van der Waals surface area (Å²) < 4.78 is 11.3. The molecule has 0 unspecified atom stereocenters. The van der Waals surface area contributed by atoms with Crippen molar-refractivity contribution in [2.24, 2.45) is 0 Å². The number of methoxy groups -OCH3 is 1. The van der Waals surface area contributed by atoms with E-state index in [1.807, 2.05) is 18.2 Å². The lowest BCUT2D eigenvalue weighted by Gasteiger charge is -2.40. The van der Waals surface area contributed by atoms with E-state index in [1.54, 1.807) is 68.8 Å². The van der Waals surface area contributed by atoms with Gasteiger partial charge in [0.25, 0.3) is 0 Å². The molecule has 3 aromatic carbocycles. The summed E-state index contributed by atoms with van der Waals surface area (Å²) in [5.74, 6) is -0.466. The third kappa shape index (κ3) is 4.13. The van der Waals surface area contributed by atoms with Crippen LogP contribution in [-0.4, -0.2) is 43.8 Å². The Labute approximate surface area is 196 Å². The van der Waals surface area contributed by atoms with Crippen molar-refractivity contribution in [2.75, 3.05) is 25.6 Å². The van der Waals surface area contributed by atoms with Gasteiger partial charge in [-0.05, 0) is 48.0 Å². The number of anilines is 1. The highest BCUT2D eigenvalue weighted by Gasteiger charge is 2.51. The lowest BCUT2D eigenvalue weighted by atomic mass is 9.77. The first kappa shape index (κ1) is 22.6. The standard InChI is InChI=1S/C25H23ClN2O5/c1-28-21-13-8-17(26)14-20(21)25(27-15-22(28)29,16-6-4-3-5-7-16)23(24(30)31)33-19-11-9-18(32-2)10-12-19/h3-14,23,27H,15H2,1-2H3,(H,30,31)/t23-,25+/m1/s1. The number of benzene rings is 3. The third-order valence-corrected chi connectivity index (χ3v) is 6.03. The fourth-order valence-electron chi connectivity index (χ4n) is 4.14. The molecule has 0 fully saturated rings. The molecule has 0 spiro atoms. The van der Waals surface area contributed by atoms with Crippen LogP contribution in [0.1, 0.15) is 11.1 Å². The van der Waals surface area contributed by atoms with Gasteiger partial charge in [0.05, 0.1) is 13.7 Å². The Kier molecular flexibility index (Phi) is 6.26. The molecule has 4 rings (SSSR count). The summed E-state index contributed by atoms with van der Waals surface area (Å²) in [5, 5.41) is 14.0. The maximum atomic E-state index is 12.8. The molecule has 2 N–H and O–H groups in total. The van der Waals surface area contributed by atoms with E-state index in [1.165, 1.54) is 4.90 Å². The smallest absolute Gasteiger partial charge is 0.347 e. The average Bonchev–Trinajstić information content (AvgIpc) is 2.93. The summed E-state index contributed by atoms with van der Waals surface area (Å²) in [6, 6.07) is 20.8. The number of nitrogens with zero attached hydrogens (tertiary/aromatic N) is 1. The molecule has 2 atom stereocenters. The van der Waals surface area contributed by atoms with Gasteiger partial charge >= 0.3 is 5.97 Å². The molecule has 1 heterocycles. The third-order valence-electron chi connectivity index (χ3n) is 5.80. The molecular formula is C25H23ClN2O5. The zero-order valence-electron chi connectivity index (χ0n) is 18.1. The predicted molar refractivity (Wildman–Crippen MR) is 125 cm³/mol. The second kappa shape index (κ2) is 9.13. The van der Waals surface area contributed by atoms with Crippen molar-refractivity contribution < 1.29 is 24.2 Å². The number of nitrogens with one attached hydrogen (secondary N) is 1. The Morgan fingerprint density at radius 3 is 2.39 bits per heavy atom. The summed E-state index contributed by atoms with van der Waals surface area (Å²) in [7, 11) is 3.20. The topological polar surface area (TPSA) is 88.1 Å². The number of carboxylic acid groups (broad SMARTS) is 1. The quantitative estimate of drug-likeness (QED) is 0.576. The first-order chi connectivity index (χ1) is 15.9. The lowest BCUT2D eigenvalue weighted by molar-refractivity contribution is -0.149. The van der Waals surface area contributed by atoms with Gasteiger partial charge in [0, 0.05) is 23.3 Å². The largest absolute Gasteiger partial charge is 0.497 e. The van der Waals surface area contributed by atoms with Gasteiger partial charge in [0.2, 0.25) is 12.0 Å². The van der Waals surface area contributed by atoms with E-state index in [0.29, 0.717) is 33.3 Å². The molecule has 1 aliphatic rings. The highest BCUT2D eigenvalue weighted by molar-refractivity contribution is 6.30. The van der Waals surface area contributed by atoms with E-state index >= 15 is 0 Å². The SMILES string of the molecule is COc1ccc(O[C@H](C(=O)O)[C@@]2(c3ccccc3)NCC(=O)N(C)c3ccc(Cl)cc32)cc1. The predicted octanol–water partition coefficient (Wildman–Crippen LogP) is 3.69. The zero-order valence-corrected chi connectivity index (χ0v) is 18.9. The summed E-state index contributed by atoms with van der Waals surface area (Å²) in [6.45, 7) is -0.104. The van der Waals surface area contributed by atoms with Crippen LogP contribution in [0.3, 0.4) is 0 Å². The van der Waals surface area contributed by atoms with Crippen LogP contribution < -0.4 is 19.7 Å². The molecule has 3 aromatic rings. The average molecular weight is 467 g/mol. The fourth-order valence-corrected chi connectivity index (χ4v) is 4.31. The van der Waals surface area contributed by atoms with Crippen molar-refractivity contribution in [3.63, 3.8) is 0 Å². The van der Waals surface area contributed by atoms with Crippen molar-refractivity contribution in [3.8, 4) is 11.5 Å². The van der Waals surface area contributed by atoms with Gasteiger partial charge in [0.1, 0.15) is 17.0 Å². The molecule has 1 amide bonds. The monoisotopic (exact) mass is 466 g/mol. The number of fused-ring (bicyclic) bond motifs is 1. The van der Waals surface area contributed by atoms with Crippen LogP contribution >= 0.6 is 11.6 Å². The van der Waals surface area contributed by atoms with E-state index in [0.717, 1.165) is 0 Å². The number of carbonyl (C=O) groups is 2. The second-order valence-electron chi connectivity index (χ2n) is 7.65. The highest BCUT2D eigenvalue weighted by Crippen LogP contribution is 2.43. The Morgan fingerprint density at radius 2 is 1.76 bits per heavy atom. The van der Waals surface area contributed by atoms with Crippen LogP contribution in [0, 0.1) is 0 Å². The van der Waals surface area contributed by atoms with E-state index in [2.05, 4.69) is 5.32 Å². The van der Waals surface area contributed by atoms with Gasteiger partial charge in [-0.3, -0.25) is 10.1 Å². The number of likely N-dealkylation sites (N-methyl/N-ethyl adjacent to an activating group) is 1. The molecule has 8 heteroatoms. The molecule has 0 aromatic heterocycles. The van der Waals surface area contributed by atoms with Crippen molar-refractivity contribution >= 4 is 29.2 Å². The van der Waals surface area contributed by atoms with Gasteiger partial charge in [-0.2, -0.15) is 0 Å². The highest BCUT2D eigenvalue weighted by atomic mass is 35.5. The van der Waals surface area contributed by atoms with E-state index in [9.17, 15) is 14.7 Å². The van der Waals surface area contributed by atoms with Crippen molar-refractivity contribution in [2.45, 2.75) is 11.6 Å². The van der Waals surface area contributed by atoms with Crippen LogP contribution in [0.25, 0.3) is 0 Å². The van der Waals surface area contributed by atoms with E-state index in [4.69, 9.17) is 21.1 Å². The number of hydrogen-bond acceptors (Lipinski definition) is 5. The molecule has 0 saturated carbocycles. The number of aliphatic carboxylic acids is 1. The van der Waals surface area contributed by atoms with Crippen LogP contribution in [0.4, 0.5) is 5.69 Å². The van der Waals surface area contributed by atoms with Crippen LogP contribution in [-0.2, 0) is 15.1 Å². The Morgan fingerprint density at radius 1 is 1.09 bits per heavy atom. The molecule has 7 nitrogen and oxygen atoms in total. The summed E-state index contributed by atoms with van der Waals surface area (Å²) >= 11 is 6.37. The minimum atomic E-state index is -1.44. The minimum absolute atomic E-state index is 0.104. The molecular weight excluding hydrogens is 444 g/mol. The maximum absolute atomic E-state index is 12.8. The Bertz CT molecular complexity index is 1170. The van der Waals surface area contributed by atoms with Crippen LogP contribution in [0.2, 0.25) is 5.02 Å². The molecule has 0 aliphatic carbocycles. The Balaban J connectivity index is 1.97. The number of carboxylic acids is 1. The number of amides is 1. The molecule has 170 valence electrons. The van der Waals surface area contributed by atoms with E-state index in [-0.39, 0.29) is 12.5 Å². The van der Waals surface area contributed by atoms with Gasteiger partial charge in [-0.25, -0.2) is 4.79 Å². The zero-order chi connectivity index (χ0) is 23.6. The van der Waals surface area contributed by atoms with Crippen LogP contribution in [0.15, 0.2) is 72.8 Å². The molecule has 33 heavy (non-hydrogen) atoms. The van der Waals surface area contributed by atoms with E-state index < -0.39 is 17.6 Å². The molecule has 0 radical (unpaired) electrons. The maximum Gasteiger partial charge on any atom is 0.347 e. The molecule has 0 saturated heterocycles. The van der Waals surface area contributed by atoms with Crippen molar-refractivity contribution in [1.29, 1.82) is 0 Å². The summed E-state index contributed by atoms with van der Waals surface area (Å²) in [6.07, 6.45) is -1.44. The molecule has 1 aliphatic heterocycles. The lowest BCUT2D eigenvalue weighted by Crippen LogP contribution is -2.58. The molecule has 0 bridgehead atoms. The Hall–Kier alpha value is -3.55. The van der Waals surface area contributed by atoms with Gasteiger partial charge in [-0.1, -0.05) is 41.9 Å².